The summed E-state index contributed by atoms with van der Waals surface area (Å²) in [6.07, 6.45) is 0. The van der Waals surface area contributed by atoms with Crippen LogP contribution in [-0.4, -0.2) is 35.4 Å². The molecule has 2 bridgehead atoms. The van der Waals surface area contributed by atoms with Gasteiger partial charge >= 0.3 is 0 Å². The van der Waals surface area contributed by atoms with Gasteiger partial charge in [-0.1, -0.05) is 65.9 Å². The van der Waals surface area contributed by atoms with Crippen molar-refractivity contribution in [3.63, 3.8) is 0 Å². The largest absolute Gasteiger partial charge is 0.333 e. The number of ether oxygens (including phenoxy) is 1. The van der Waals surface area contributed by atoms with Crippen molar-refractivity contribution in [1.29, 1.82) is 0 Å². The zero-order valence-electron chi connectivity index (χ0n) is 19.6. The Hall–Kier alpha value is -3.42. The minimum absolute atomic E-state index is 0.297. The normalized spacial score (nSPS) is 29.3. The van der Waals surface area contributed by atoms with Crippen molar-refractivity contribution < 1.29 is 19.1 Å². The standard InChI is InChI=1S/C28H24N2O4S/c1-17-13-15-19(16-14-17)35-21-12-8-7-11-20(21)28-23-22(27(2,34-28)29(3)26(28)33)24(31)30(25(23)32)18-9-5-4-6-10-18/h4-16,22-23H,1-3H3. The van der Waals surface area contributed by atoms with Gasteiger partial charge in [0.05, 0.1) is 11.6 Å². The summed E-state index contributed by atoms with van der Waals surface area (Å²) in [5, 5.41) is 0. The summed E-state index contributed by atoms with van der Waals surface area (Å²) in [7, 11) is 1.65. The lowest BCUT2D eigenvalue weighted by Crippen LogP contribution is -2.56. The third-order valence-electron chi connectivity index (χ3n) is 7.53. The van der Waals surface area contributed by atoms with E-state index in [1.165, 1.54) is 21.6 Å². The number of para-hydroxylation sites is 1. The third-order valence-corrected chi connectivity index (χ3v) is 8.61. The number of nitrogens with zero attached hydrogens (tertiary/aromatic N) is 2. The Kier molecular flexibility index (Phi) is 4.75. The van der Waals surface area contributed by atoms with Crippen molar-refractivity contribution >= 4 is 35.2 Å². The maximum Gasteiger partial charge on any atom is 0.262 e. The highest BCUT2D eigenvalue weighted by Crippen LogP contribution is 2.64. The molecule has 0 aliphatic carbocycles. The molecule has 0 saturated carbocycles. The Morgan fingerprint density at radius 2 is 1.46 bits per heavy atom. The predicted molar refractivity (Wildman–Crippen MR) is 132 cm³/mol. The van der Waals surface area contributed by atoms with Crippen LogP contribution in [0.2, 0.25) is 0 Å². The molecule has 6 rings (SSSR count). The maximum atomic E-state index is 13.9. The molecule has 0 radical (unpaired) electrons. The summed E-state index contributed by atoms with van der Waals surface area (Å²) in [6.45, 7) is 3.77. The molecule has 3 heterocycles. The highest BCUT2D eigenvalue weighted by atomic mass is 32.2. The smallest absolute Gasteiger partial charge is 0.262 e. The van der Waals surface area contributed by atoms with E-state index in [2.05, 4.69) is 0 Å². The minimum atomic E-state index is -1.57. The molecule has 3 aliphatic heterocycles. The summed E-state index contributed by atoms with van der Waals surface area (Å²) >= 11 is 1.52. The quantitative estimate of drug-likeness (QED) is 0.515. The van der Waals surface area contributed by atoms with Gasteiger partial charge in [-0.25, -0.2) is 4.90 Å². The minimum Gasteiger partial charge on any atom is -0.333 e. The number of aryl methyl sites for hydroxylation is 1. The van der Waals surface area contributed by atoms with Crippen LogP contribution >= 0.6 is 11.8 Å². The van der Waals surface area contributed by atoms with E-state index in [4.69, 9.17) is 4.74 Å². The van der Waals surface area contributed by atoms with Gasteiger partial charge < -0.3 is 9.64 Å². The molecule has 176 valence electrons. The number of fused-ring (bicyclic) bond motifs is 5. The number of carbonyl (C=O) groups is 3. The molecule has 4 atom stereocenters. The first kappa shape index (κ1) is 22.1. The fourth-order valence-electron chi connectivity index (χ4n) is 5.74. The summed E-state index contributed by atoms with van der Waals surface area (Å²) in [5.74, 6) is -2.77. The number of anilines is 1. The van der Waals surface area contributed by atoms with Crippen LogP contribution in [0.3, 0.4) is 0 Å². The molecule has 3 aromatic carbocycles. The lowest BCUT2D eigenvalue weighted by atomic mass is 9.71. The molecule has 0 N–H and O–H groups in total. The average molecular weight is 485 g/mol. The van der Waals surface area contributed by atoms with Crippen molar-refractivity contribution in [2.45, 2.75) is 35.0 Å². The van der Waals surface area contributed by atoms with Gasteiger partial charge in [-0.3, -0.25) is 14.4 Å². The van der Waals surface area contributed by atoms with Gasteiger partial charge in [0.2, 0.25) is 11.8 Å². The number of hydrogen-bond donors (Lipinski definition) is 0. The number of imide groups is 1. The van der Waals surface area contributed by atoms with Gasteiger partial charge in [-0.05, 0) is 44.2 Å². The first-order valence-corrected chi connectivity index (χ1v) is 12.4. The number of carbonyl (C=O) groups excluding carboxylic acids is 3. The van der Waals surface area contributed by atoms with Crippen LogP contribution in [0.25, 0.3) is 0 Å². The van der Waals surface area contributed by atoms with Gasteiger partial charge in [0, 0.05) is 22.4 Å². The summed E-state index contributed by atoms with van der Waals surface area (Å²) in [5.41, 5.74) is -0.511. The molecule has 3 saturated heterocycles. The van der Waals surface area contributed by atoms with Gasteiger partial charge in [0.25, 0.3) is 5.91 Å². The Labute approximate surface area is 207 Å². The van der Waals surface area contributed by atoms with E-state index in [0.29, 0.717) is 11.3 Å². The highest BCUT2D eigenvalue weighted by Gasteiger charge is 2.81. The van der Waals surface area contributed by atoms with Crippen molar-refractivity contribution in [3.8, 4) is 0 Å². The van der Waals surface area contributed by atoms with Crippen LogP contribution in [0, 0.1) is 18.8 Å². The van der Waals surface area contributed by atoms with E-state index in [-0.39, 0.29) is 11.8 Å². The maximum absolute atomic E-state index is 13.9. The van der Waals surface area contributed by atoms with Crippen LogP contribution in [0.1, 0.15) is 18.1 Å². The van der Waals surface area contributed by atoms with Crippen LogP contribution < -0.4 is 4.90 Å². The van der Waals surface area contributed by atoms with E-state index in [1.807, 2.05) is 61.5 Å². The highest BCUT2D eigenvalue weighted by molar-refractivity contribution is 7.99. The SMILES string of the molecule is Cc1ccc(Sc2ccccc2C23OC(C)(C4C(=O)N(c5ccccc5)C(=O)C42)N(C)C3=O)cc1. The van der Waals surface area contributed by atoms with Crippen LogP contribution in [-0.2, 0) is 24.7 Å². The molecule has 7 heteroatoms. The van der Waals surface area contributed by atoms with E-state index >= 15 is 0 Å². The number of benzene rings is 3. The lowest BCUT2D eigenvalue weighted by Gasteiger charge is -2.36. The summed E-state index contributed by atoms with van der Waals surface area (Å²) in [4.78, 5) is 46.1. The van der Waals surface area contributed by atoms with E-state index < -0.39 is 29.1 Å². The Bertz CT molecular complexity index is 1380. The number of piperidine rings is 1. The summed E-state index contributed by atoms with van der Waals surface area (Å²) < 4.78 is 6.54. The van der Waals surface area contributed by atoms with Crippen LogP contribution in [0.5, 0.6) is 0 Å². The number of likely N-dealkylation sites (tertiary alicyclic amines) is 1. The molecule has 35 heavy (non-hydrogen) atoms. The fourth-order valence-corrected chi connectivity index (χ4v) is 6.74. The summed E-state index contributed by atoms with van der Waals surface area (Å²) in [6, 6.07) is 24.5. The molecule has 6 nitrogen and oxygen atoms in total. The average Bonchev–Trinajstić information content (AvgIpc) is 3.38. The first-order chi connectivity index (χ1) is 16.8. The van der Waals surface area contributed by atoms with Crippen molar-refractivity contribution in [3.05, 3.63) is 90.0 Å². The molecule has 4 unspecified atom stereocenters. The monoisotopic (exact) mass is 484 g/mol. The Morgan fingerprint density at radius 1 is 0.829 bits per heavy atom. The van der Waals surface area contributed by atoms with Gasteiger partial charge in [-0.15, -0.1) is 0 Å². The predicted octanol–water partition coefficient (Wildman–Crippen LogP) is 4.37. The molecule has 3 aromatic rings. The molecule has 0 spiro atoms. The van der Waals surface area contributed by atoms with Gasteiger partial charge in [0.1, 0.15) is 5.92 Å². The van der Waals surface area contributed by atoms with Crippen molar-refractivity contribution in [1.82, 2.24) is 4.90 Å². The second-order valence-corrected chi connectivity index (χ2v) is 10.6. The zero-order chi connectivity index (χ0) is 24.5. The molecule has 3 amide bonds. The molecular formula is C28H24N2O4S. The van der Waals surface area contributed by atoms with E-state index in [0.717, 1.165) is 15.4 Å². The Balaban J connectivity index is 1.51. The number of rotatable bonds is 4. The van der Waals surface area contributed by atoms with Crippen LogP contribution in [0.15, 0.2) is 88.7 Å². The fraction of sp³-hybridized carbons (Fsp3) is 0.250. The number of hydrogen-bond acceptors (Lipinski definition) is 5. The van der Waals surface area contributed by atoms with Crippen LogP contribution in [0.4, 0.5) is 5.69 Å². The molecule has 3 fully saturated rings. The van der Waals surface area contributed by atoms with Crippen molar-refractivity contribution in [2.24, 2.45) is 11.8 Å². The van der Waals surface area contributed by atoms with Gasteiger partial charge in [0.15, 0.2) is 11.3 Å². The van der Waals surface area contributed by atoms with Gasteiger partial charge in [-0.2, -0.15) is 0 Å². The third kappa shape index (κ3) is 2.85. The Morgan fingerprint density at radius 3 is 2.17 bits per heavy atom. The molecule has 3 aliphatic rings. The molecular weight excluding hydrogens is 460 g/mol. The van der Waals surface area contributed by atoms with E-state index in [1.54, 1.807) is 38.2 Å². The second-order valence-electron chi connectivity index (χ2n) is 9.47. The zero-order valence-corrected chi connectivity index (χ0v) is 20.4. The molecule has 0 aromatic heterocycles. The topological polar surface area (TPSA) is 66.9 Å². The lowest BCUT2D eigenvalue weighted by molar-refractivity contribution is -0.146. The first-order valence-electron chi connectivity index (χ1n) is 11.5. The number of likely N-dealkylation sites (N-methyl/N-ethyl adjacent to an activating group) is 1. The van der Waals surface area contributed by atoms with Crippen molar-refractivity contribution in [2.75, 3.05) is 11.9 Å². The number of amides is 3. The van der Waals surface area contributed by atoms with E-state index in [9.17, 15) is 14.4 Å². The second kappa shape index (κ2) is 7.54.